The summed E-state index contributed by atoms with van der Waals surface area (Å²) in [5.74, 6) is 6.75. The standard InChI is InChI=1S/C14H20N4S/c1-3-18-9-8-16-14(18)10-13(17-15)11-4-6-12(19-2)7-5-11/h4-9,13,17H,3,10,15H2,1-2H3. The van der Waals surface area contributed by atoms with E-state index in [9.17, 15) is 0 Å². The number of thioether (sulfide) groups is 1. The lowest BCUT2D eigenvalue weighted by Gasteiger charge is -2.17. The number of nitrogens with zero attached hydrogens (tertiary/aromatic N) is 2. The summed E-state index contributed by atoms with van der Waals surface area (Å²) in [7, 11) is 0. The Kier molecular flexibility index (Phi) is 5.01. The van der Waals surface area contributed by atoms with E-state index in [4.69, 9.17) is 5.84 Å². The molecule has 0 aliphatic carbocycles. The first-order valence-electron chi connectivity index (χ1n) is 6.38. The zero-order chi connectivity index (χ0) is 13.7. The van der Waals surface area contributed by atoms with Crippen LogP contribution in [0.3, 0.4) is 0 Å². The van der Waals surface area contributed by atoms with Gasteiger partial charge in [0.2, 0.25) is 0 Å². The first-order chi connectivity index (χ1) is 9.28. The maximum Gasteiger partial charge on any atom is 0.110 e. The largest absolute Gasteiger partial charge is 0.335 e. The minimum absolute atomic E-state index is 0.0867. The molecule has 3 N–H and O–H groups in total. The minimum Gasteiger partial charge on any atom is -0.335 e. The molecule has 0 bridgehead atoms. The predicted molar refractivity (Wildman–Crippen MR) is 79.9 cm³/mol. The molecule has 0 radical (unpaired) electrons. The van der Waals surface area contributed by atoms with E-state index < -0.39 is 0 Å². The normalized spacial score (nSPS) is 12.6. The van der Waals surface area contributed by atoms with Crippen LogP contribution >= 0.6 is 11.8 Å². The van der Waals surface area contributed by atoms with Crippen LogP contribution in [0.15, 0.2) is 41.6 Å². The summed E-state index contributed by atoms with van der Waals surface area (Å²) in [6, 6.07) is 8.57. The van der Waals surface area contributed by atoms with Gasteiger partial charge in [-0.2, -0.15) is 0 Å². The Morgan fingerprint density at radius 3 is 2.68 bits per heavy atom. The van der Waals surface area contributed by atoms with Crippen LogP contribution in [0, 0.1) is 0 Å². The predicted octanol–water partition coefficient (Wildman–Crippen LogP) is 2.37. The van der Waals surface area contributed by atoms with Crippen LogP contribution in [0.2, 0.25) is 0 Å². The second-order valence-corrected chi connectivity index (χ2v) is 5.21. The van der Waals surface area contributed by atoms with Crippen LogP contribution in [0.25, 0.3) is 0 Å². The summed E-state index contributed by atoms with van der Waals surface area (Å²) in [6.45, 7) is 3.04. The van der Waals surface area contributed by atoms with E-state index in [-0.39, 0.29) is 6.04 Å². The molecule has 2 aromatic rings. The molecule has 1 aromatic heterocycles. The van der Waals surface area contributed by atoms with Crippen molar-refractivity contribution in [3.05, 3.63) is 48.0 Å². The quantitative estimate of drug-likeness (QED) is 0.483. The first kappa shape index (κ1) is 14.1. The highest BCUT2D eigenvalue weighted by atomic mass is 32.2. The molecule has 1 aromatic carbocycles. The molecule has 19 heavy (non-hydrogen) atoms. The van der Waals surface area contributed by atoms with Crippen LogP contribution in [0.4, 0.5) is 0 Å². The van der Waals surface area contributed by atoms with Gasteiger partial charge in [-0.25, -0.2) is 4.98 Å². The van der Waals surface area contributed by atoms with Gasteiger partial charge >= 0.3 is 0 Å². The van der Waals surface area contributed by atoms with Crippen molar-refractivity contribution < 1.29 is 0 Å². The van der Waals surface area contributed by atoms with Crippen LogP contribution in [0.5, 0.6) is 0 Å². The average molecular weight is 276 g/mol. The number of hydrogen-bond acceptors (Lipinski definition) is 4. The molecule has 1 heterocycles. The fourth-order valence-corrected chi connectivity index (χ4v) is 2.52. The van der Waals surface area contributed by atoms with Crippen molar-refractivity contribution in [3.8, 4) is 0 Å². The van der Waals surface area contributed by atoms with Gasteiger partial charge in [-0.3, -0.25) is 11.3 Å². The number of hydrogen-bond donors (Lipinski definition) is 2. The molecule has 1 unspecified atom stereocenters. The number of aromatic nitrogens is 2. The number of hydrazine groups is 1. The Bertz CT molecular complexity index is 506. The Labute approximate surface area is 118 Å². The third kappa shape index (κ3) is 3.37. The number of nitrogens with two attached hydrogens (primary N) is 1. The van der Waals surface area contributed by atoms with E-state index in [2.05, 4.69) is 52.4 Å². The van der Waals surface area contributed by atoms with E-state index in [0.717, 1.165) is 18.8 Å². The zero-order valence-electron chi connectivity index (χ0n) is 11.3. The highest BCUT2D eigenvalue weighted by Crippen LogP contribution is 2.21. The Balaban J connectivity index is 2.15. The molecule has 5 heteroatoms. The maximum atomic E-state index is 5.69. The SMILES string of the molecule is CCn1ccnc1CC(NN)c1ccc(SC)cc1. The van der Waals surface area contributed by atoms with E-state index in [1.165, 1.54) is 10.5 Å². The smallest absolute Gasteiger partial charge is 0.110 e. The van der Waals surface area contributed by atoms with Gasteiger partial charge in [0.1, 0.15) is 5.82 Å². The van der Waals surface area contributed by atoms with Crippen molar-refractivity contribution in [2.45, 2.75) is 30.8 Å². The molecule has 0 fully saturated rings. The van der Waals surface area contributed by atoms with Crippen LogP contribution in [-0.2, 0) is 13.0 Å². The fourth-order valence-electron chi connectivity index (χ4n) is 2.11. The van der Waals surface area contributed by atoms with Gasteiger partial charge in [-0.05, 0) is 30.9 Å². The highest BCUT2D eigenvalue weighted by Gasteiger charge is 2.13. The van der Waals surface area contributed by atoms with Crippen molar-refractivity contribution in [2.75, 3.05) is 6.26 Å². The van der Waals surface area contributed by atoms with E-state index >= 15 is 0 Å². The minimum atomic E-state index is 0.0867. The van der Waals surface area contributed by atoms with Crippen molar-refractivity contribution in [2.24, 2.45) is 5.84 Å². The molecule has 102 valence electrons. The van der Waals surface area contributed by atoms with Gasteiger partial charge < -0.3 is 4.57 Å². The lowest BCUT2D eigenvalue weighted by atomic mass is 10.0. The fraction of sp³-hybridized carbons (Fsp3) is 0.357. The zero-order valence-corrected chi connectivity index (χ0v) is 12.2. The number of imidazole rings is 1. The van der Waals surface area contributed by atoms with E-state index in [1.54, 1.807) is 11.8 Å². The summed E-state index contributed by atoms with van der Waals surface area (Å²) >= 11 is 1.74. The first-order valence-corrected chi connectivity index (χ1v) is 7.61. The van der Waals surface area contributed by atoms with Crippen LogP contribution in [-0.4, -0.2) is 15.8 Å². The van der Waals surface area contributed by atoms with Crippen molar-refractivity contribution in [1.82, 2.24) is 15.0 Å². The van der Waals surface area contributed by atoms with Gasteiger partial charge in [0, 0.05) is 30.3 Å². The Morgan fingerprint density at radius 2 is 2.11 bits per heavy atom. The van der Waals surface area contributed by atoms with Crippen molar-refractivity contribution >= 4 is 11.8 Å². The maximum absolute atomic E-state index is 5.69. The number of nitrogens with one attached hydrogen (secondary N) is 1. The second kappa shape index (κ2) is 6.75. The summed E-state index contributed by atoms with van der Waals surface area (Å²) in [5, 5.41) is 0. The molecular formula is C14H20N4S. The average Bonchev–Trinajstić information content (AvgIpc) is 2.92. The third-order valence-corrected chi connectivity index (χ3v) is 3.99. The van der Waals surface area contributed by atoms with Gasteiger partial charge in [-0.1, -0.05) is 12.1 Å². The molecule has 0 saturated heterocycles. The molecule has 2 rings (SSSR count). The molecule has 0 aliphatic heterocycles. The lowest BCUT2D eigenvalue weighted by Crippen LogP contribution is -2.30. The number of aryl methyl sites for hydroxylation is 1. The number of benzene rings is 1. The molecular weight excluding hydrogens is 256 g/mol. The summed E-state index contributed by atoms with van der Waals surface area (Å²) in [5.41, 5.74) is 4.07. The summed E-state index contributed by atoms with van der Waals surface area (Å²) in [6.07, 6.45) is 6.70. The van der Waals surface area contributed by atoms with Gasteiger partial charge in [0.05, 0.1) is 6.04 Å². The summed E-state index contributed by atoms with van der Waals surface area (Å²) in [4.78, 5) is 5.66. The highest BCUT2D eigenvalue weighted by molar-refractivity contribution is 7.98. The molecule has 4 nitrogen and oxygen atoms in total. The molecule has 0 amide bonds. The lowest BCUT2D eigenvalue weighted by molar-refractivity contribution is 0.523. The van der Waals surface area contributed by atoms with E-state index in [0.29, 0.717) is 0 Å². The Hall–Kier alpha value is -1.30. The molecule has 0 spiro atoms. The van der Waals surface area contributed by atoms with Crippen LogP contribution in [0.1, 0.15) is 24.4 Å². The second-order valence-electron chi connectivity index (χ2n) is 4.33. The van der Waals surface area contributed by atoms with Crippen LogP contribution < -0.4 is 11.3 Å². The molecule has 0 aliphatic rings. The van der Waals surface area contributed by atoms with Gasteiger partial charge in [0.25, 0.3) is 0 Å². The van der Waals surface area contributed by atoms with Crippen molar-refractivity contribution in [3.63, 3.8) is 0 Å². The summed E-state index contributed by atoms with van der Waals surface area (Å²) < 4.78 is 2.14. The van der Waals surface area contributed by atoms with Gasteiger partial charge in [-0.15, -0.1) is 11.8 Å². The molecule has 1 atom stereocenters. The molecule has 0 saturated carbocycles. The Morgan fingerprint density at radius 1 is 1.37 bits per heavy atom. The van der Waals surface area contributed by atoms with Gasteiger partial charge in [0.15, 0.2) is 0 Å². The number of rotatable bonds is 6. The third-order valence-electron chi connectivity index (χ3n) is 3.25. The van der Waals surface area contributed by atoms with E-state index in [1.807, 2.05) is 12.4 Å². The topological polar surface area (TPSA) is 55.9 Å². The monoisotopic (exact) mass is 276 g/mol. The van der Waals surface area contributed by atoms with Crippen molar-refractivity contribution in [1.29, 1.82) is 0 Å².